The zero-order chi connectivity index (χ0) is 18.5. The summed E-state index contributed by atoms with van der Waals surface area (Å²) >= 11 is 0. The van der Waals surface area contributed by atoms with E-state index in [1.165, 1.54) is 0 Å². The predicted octanol–water partition coefficient (Wildman–Crippen LogP) is 3.79. The summed E-state index contributed by atoms with van der Waals surface area (Å²) in [5.74, 6) is 0. The SMILES string of the molecule is CCCC([Si](OCC)(OCC)OCC)[Si](OCC)(OCC)OCC. The molecule has 0 spiro atoms. The molecule has 0 N–H and O–H groups in total. The maximum absolute atomic E-state index is 6.16. The van der Waals surface area contributed by atoms with E-state index in [1.54, 1.807) is 0 Å². The van der Waals surface area contributed by atoms with E-state index in [4.69, 9.17) is 26.6 Å². The van der Waals surface area contributed by atoms with Crippen LogP contribution in [0.2, 0.25) is 5.16 Å². The molecule has 146 valence electrons. The van der Waals surface area contributed by atoms with E-state index < -0.39 is 17.6 Å². The average molecular weight is 383 g/mol. The lowest BCUT2D eigenvalue weighted by Gasteiger charge is -2.42. The number of hydrogen-bond donors (Lipinski definition) is 0. The second-order valence-electron chi connectivity index (χ2n) is 5.15. The van der Waals surface area contributed by atoms with Crippen LogP contribution in [0.4, 0.5) is 0 Å². The fourth-order valence-electron chi connectivity index (χ4n) is 2.92. The summed E-state index contributed by atoms with van der Waals surface area (Å²) < 4.78 is 37.0. The van der Waals surface area contributed by atoms with Crippen LogP contribution in [0.15, 0.2) is 0 Å². The van der Waals surface area contributed by atoms with Gasteiger partial charge in [-0.2, -0.15) is 0 Å². The van der Waals surface area contributed by atoms with Crippen LogP contribution in [-0.2, 0) is 26.6 Å². The highest BCUT2D eigenvalue weighted by Gasteiger charge is 2.65. The average Bonchev–Trinajstić information content (AvgIpc) is 2.54. The number of rotatable bonds is 16. The summed E-state index contributed by atoms with van der Waals surface area (Å²) in [6.45, 7) is 17.1. The standard InChI is InChI=1S/C16H38O6Si2/c1-8-15-16(23(17-9-2,18-10-3)19-11-4)24(20-12-5,21-13-6)22-14-7/h16H,8-15H2,1-7H3. The van der Waals surface area contributed by atoms with E-state index in [0.29, 0.717) is 39.6 Å². The van der Waals surface area contributed by atoms with Gasteiger partial charge >= 0.3 is 17.6 Å². The molecule has 0 aromatic heterocycles. The van der Waals surface area contributed by atoms with Crippen molar-refractivity contribution in [3.8, 4) is 0 Å². The van der Waals surface area contributed by atoms with Crippen LogP contribution in [0.3, 0.4) is 0 Å². The van der Waals surface area contributed by atoms with Crippen molar-refractivity contribution in [3.63, 3.8) is 0 Å². The van der Waals surface area contributed by atoms with Crippen molar-refractivity contribution in [1.82, 2.24) is 0 Å². The van der Waals surface area contributed by atoms with E-state index in [1.807, 2.05) is 41.5 Å². The Labute approximate surface area is 150 Å². The minimum absolute atomic E-state index is 0.116. The minimum Gasteiger partial charge on any atom is -0.374 e. The Morgan fingerprint density at radius 2 is 0.750 bits per heavy atom. The third-order valence-corrected chi connectivity index (χ3v) is 12.1. The molecule has 0 atom stereocenters. The van der Waals surface area contributed by atoms with Gasteiger partial charge in [0.15, 0.2) is 0 Å². The van der Waals surface area contributed by atoms with Gasteiger partial charge in [-0.1, -0.05) is 13.3 Å². The first-order valence-electron chi connectivity index (χ1n) is 9.39. The van der Waals surface area contributed by atoms with Crippen molar-refractivity contribution in [2.75, 3.05) is 39.6 Å². The van der Waals surface area contributed by atoms with Crippen molar-refractivity contribution in [1.29, 1.82) is 0 Å². The Morgan fingerprint density at radius 3 is 0.917 bits per heavy atom. The second kappa shape index (κ2) is 13.4. The monoisotopic (exact) mass is 382 g/mol. The summed E-state index contributed by atoms with van der Waals surface area (Å²) in [5, 5.41) is -0.116. The Morgan fingerprint density at radius 1 is 0.500 bits per heavy atom. The van der Waals surface area contributed by atoms with Gasteiger partial charge in [0.2, 0.25) is 0 Å². The van der Waals surface area contributed by atoms with E-state index in [9.17, 15) is 0 Å². The zero-order valence-electron chi connectivity index (χ0n) is 16.7. The first-order valence-corrected chi connectivity index (χ1v) is 13.0. The molecule has 24 heavy (non-hydrogen) atoms. The highest BCUT2D eigenvalue weighted by Crippen LogP contribution is 2.40. The number of hydrogen-bond acceptors (Lipinski definition) is 6. The van der Waals surface area contributed by atoms with Crippen LogP contribution in [0.25, 0.3) is 0 Å². The van der Waals surface area contributed by atoms with Gasteiger partial charge in [0, 0.05) is 39.6 Å². The third-order valence-electron chi connectivity index (χ3n) is 3.50. The molecule has 0 bridgehead atoms. The fourth-order valence-corrected chi connectivity index (χ4v) is 11.6. The molecule has 0 saturated heterocycles. The molecule has 0 aliphatic carbocycles. The molecule has 0 aromatic carbocycles. The van der Waals surface area contributed by atoms with Crippen LogP contribution >= 0.6 is 0 Å². The summed E-state index contributed by atoms with van der Waals surface area (Å²) in [5.41, 5.74) is 0. The van der Waals surface area contributed by atoms with E-state index in [0.717, 1.165) is 12.8 Å². The van der Waals surface area contributed by atoms with Crippen LogP contribution < -0.4 is 0 Å². The van der Waals surface area contributed by atoms with Crippen molar-refractivity contribution < 1.29 is 26.6 Å². The van der Waals surface area contributed by atoms with Gasteiger partial charge in [-0.25, -0.2) is 0 Å². The Kier molecular flexibility index (Phi) is 13.5. The summed E-state index contributed by atoms with van der Waals surface area (Å²) in [4.78, 5) is 0. The maximum Gasteiger partial charge on any atom is 0.508 e. The summed E-state index contributed by atoms with van der Waals surface area (Å²) in [6, 6.07) is 0. The summed E-state index contributed by atoms with van der Waals surface area (Å²) in [7, 11) is -6.01. The van der Waals surface area contributed by atoms with Crippen molar-refractivity contribution in [2.45, 2.75) is 66.5 Å². The molecule has 0 aromatic rings. The molecule has 0 aliphatic rings. The molecule has 0 heterocycles. The molecular formula is C16H38O6Si2. The Bertz CT molecular complexity index is 246. The molecule has 0 radical (unpaired) electrons. The molecule has 0 saturated carbocycles. The van der Waals surface area contributed by atoms with E-state index in [2.05, 4.69) is 6.92 Å². The van der Waals surface area contributed by atoms with Crippen LogP contribution in [0, 0.1) is 0 Å². The highest BCUT2D eigenvalue weighted by atomic mass is 28.5. The smallest absolute Gasteiger partial charge is 0.374 e. The lowest BCUT2D eigenvalue weighted by molar-refractivity contribution is 0.0312. The van der Waals surface area contributed by atoms with Gasteiger partial charge in [-0.15, -0.1) is 0 Å². The molecular weight excluding hydrogens is 344 g/mol. The van der Waals surface area contributed by atoms with E-state index >= 15 is 0 Å². The molecule has 8 heteroatoms. The molecule has 0 rings (SSSR count). The normalized spacial score (nSPS) is 13.0. The molecule has 6 nitrogen and oxygen atoms in total. The minimum atomic E-state index is -3.01. The zero-order valence-corrected chi connectivity index (χ0v) is 18.7. The topological polar surface area (TPSA) is 55.4 Å². The predicted molar refractivity (Wildman–Crippen MR) is 99.9 cm³/mol. The maximum atomic E-state index is 6.16. The summed E-state index contributed by atoms with van der Waals surface area (Å²) in [6.07, 6.45) is 1.78. The molecule has 0 unspecified atom stereocenters. The first kappa shape index (κ1) is 24.2. The molecule has 0 aliphatic heterocycles. The van der Waals surface area contributed by atoms with Gasteiger partial charge < -0.3 is 26.6 Å². The van der Waals surface area contributed by atoms with Crippen LogP contribution in [0.5, 0.6) is 0 Å². The lowest BCUT2D eigenvalue weighted by Crippen LogP contribution is -2.64. The highest BCUT2D eigenvalue weighted by molar-refractivity contribution is 6.82. The van der Waals surface area contributed by atoms with Crippen molar-refractivity contribution in [3.05, 3.63) is 0 Å². The Hall–Kier alpha value is 0.194. The van der Waals surface area contributed by atoms with Crippen molar-refractivity contribution >= 4 is 17.6 Å². The first-order chi connectivity index (χ1) is 11.6. The van der Waals surface area contributed by atoms with E-state index in [-0.39, 0.29) is 5.16 Å². The van der Waals surface area contributed by atoms with Crippen molar-refractivity contribution in [2.24, 2.45) is 0 Å². The largest absolute Gasteiger partial charge is 0.508 e. The van der Waals surface area contributed by atoms with Gasteiger partial charge in [0.25, 0.3) is 0 Å². The second-order valence-corrected chi connectivity index (χ2v) is 11.3. The third kappa shape index (κ3) is 6.49. The quantitative estimate of drug-likeness (QED) is 0.379. The lowest BCUT2D eigenvalue weighted by atomic mass is 10.4. The van der Waals surface area contributed by atoms with Gasteiger partial charge in [0.05, 0.1) is 5.16 Å². The van der Waals surface area contributed by atoms with Crippen LogP contribution in [-0.4, -0.2) is 57.3 Å². The Balaban J connectivity index is 6.05. The molecule has 0 fully saturated rings. The fraction of sp³-hybridized carbons (Fsp3) is 1.00. The van der Waals surface area contributed by atoms with Crippen LogP contribution in [0.1, 0.15) is 61.3 Å². The van der Waals surface area contributed by atoms with Gasteiger partial charge in [0.1, 0.15) is 0 Å². The van der Waals surface area contributed by atoms with Gasteiger partial charge in [-0.3, -0.25) is 0 Å². The molecule has 0 amide bonds. The van der Waals surface area contributed by atoms with Gasteiger partial charge in [-0.05, 0) is 48.0 Å².